The quantitative estimate of drug-likeness (QED) is 0.735. The lowest BCUT2D eigenvalue weighted by molar-refractivity contribution is 0.0697. The highest BCUT2D eigenvalue weighted by Crippen LogP contribution is 2.20. The van der Waals surface area contributed by atoms with E-state index in [4.69, 9.17) is 5.11 Å². The number of carbonyl (C=O) groups is 1. The maximum Gasteiger partial charge on any atom is 0.337 e. The van der Waals surface area contributed by atoms with Crippen LogP contribution in [0.5, 0.6) is 0 Å². The van der Waals surface area contributed by atoms with Gasteiger partial charge in [0.2, 0.25) is 10.0 Å². The molecule has 0 fully saturated rings. The first-order valence-corrected chi connectivity index (χ1v) is 7.65. The number of sulfonamides is 1. The second-order valence-electron chi connectivity index (χ2n) is 5.08. The Hall–Kier alpha value is -1.67. The van der Waals surface area contributed by atoms with Gasteiger partial charge in [0.1, 0.15) is 5.82 Å². The lowest BCUT2D eigenvalue weighted by atomic mass is 10.1. The molecule has 0 aliphatic heterocycles. The highest BCUT2D eigenvalue weighted by molar-refractivity contribution is 7.88. The van der Waals surface area contributed by atoms with E-state index in [1.807, 2.05) is 0 Å². The Kier molecular flexibility index (Phi) is 4.72. The number of hydrogen-bond acceptors (Lipinski definition) is 4. The molecule has 0 bridgehead atoms. The molecule has 0 heterocycles. The molecule has 3 N–H and O–H groups in total. The summed E-state index contributed by atoms with van der Waals surface area (Å²) in [4.78, 5) is 11.0. The van der Waals surface area contributed by atoms with Crippen LogP contribution >= 0.6 is 0 Å². The summed E-state index contributed by atoms with van der Waals surface area (Å²) in [5, 5.41) is 11.6. The Morgan fingerprint density at radius 3 is 2.50 bits per heavy atom. The van der Waals surface area contributed by atoms with Crippen LogP contribution < -0.4 is 10.0 Å². The van der Waals surface area contributed by atoms with Crippen molar-refractivity contribution in [3.05, 3.63) is 29.6 Å². The van der Waals surface area contributed by atoms with E-state index in [1.54, 1.807) is 13.8 Å². The molecule has 0 radical (unpaired) electrons. The van der Waals surface area contributed by atoms with E-state index >= 15 is 0 Å². The zero-order valence-electron chi connectivity index (χ0n) is 11.4. The second kappa shape index (κ2) is 5.76. The fourth-order valence-electron chi connectivity index (χ4n) is 1.73. The van der Waals surface area contributed by atoms with Gasteiger partial charge in [-0.2, -0.15) is 0 Å². The molecule has 0 saturated carbocycles. The fourth-order valence-corrected chi connectivity index (χ4v) is 2.81. The van der Waals surface area contributed by atoms with Crippen LogP contribution in [-0.2, 0) is 10.0 Å². The average molecular weight is 304 g/mol. The summed E-state index contributed by atoms with van der Waals surface area (Å²) in [6.07, 6.45) is 1.01. The molecule has 0 aliphatic rings. The van der Waals surface area contributed by atoms with Gasteiger partial charge in [0.05, 0.1) is 17.5 Å². The van der Waals surface area contributed by atoms with Crippen molar-refractivity contribution in [3.63, 3.8) is 0 Å². The summed E-state index contributed by atoms with van der Waals surface area (Å²) in [6, 6.07) is 3.69. The third-order valence-electron chi connectivity index (χ3n) is 2.41. The van der Waals surface area contributed by atoms with Gasteiger partial charge in [-0.15, -0.1) is 0 Å². The van der Waals surface area contributed by atoms with Gasteiger partial charge in [-0.05, 0) is 26.0 Å². The number of aromatic carboxylic acids is 1. The maximum atomic E-state index is 13.7. The van der Waals surface area contributed by atoms with Gasteiger partial charge in [0.25, 0.3) is 0 Å². The molecule has 8 heteroatoms. The summed E-state index contributed by atoms with van der Waals surface area (Å²) < 4.78 is 38.4. The molecule has 0 amide bonds. The van der Waals surface area contributed by atoms with Crippen molar-refractivity contribution in [1.82, 2.24) is 4.72 Å². The number of nitrogens with one attached hydrogen (secondary N) is 2. The number of hydrogen-bond donors (Lipinski definition) is 3. The monoisotopic (exact) mass is 304 g/mol. The number of rotatable bonds is 6. The summed E-state index contributed by atoms with van der Waals surface area (Å²) in [5.41, 5.74) is -1.27. The van der Waals surface area contributed by atoms with E-state index in [-0.39, 0.29) is 17.8 Å². The normalized spacial score (nSPS) is 12.2. The van der Waals surface area contributed by atoms with E-state index < -0.39 is 27.3 Å². The molecule has 0 aliphatic carbocycles. The van der Waals surface area contributed by atoms with Crippen LogP contribution in [0.1, 0.15) is 24.2 Å². The molecule has 0 aromatic heterocycles. The van der Waals surface area contributed by atoms with E-state index in [0.29, 0.717) is 0 Å². The predicted octanol–water partition coefficient (Wildman–Crippen LogP) is 1.26. The van der Waals surface area contributed by atoms with Crippen molar-refractivity contribution in [1.29, 1.82) is 0 Å². The SMILES string of the molecule is CC(C)(CNc1c(F)cccc1C(=O)O)NS(C)(=O)=O. The third-order valence-corrected chi connectivity index (χ3v) is 3.34. The number of anilines is 1. The first kappa shape index (κ1) is 16.4. The van der Waals surface area contributed by atoms with Gasteiger partial charge >= 0.3 is 5.97 Å². The number of carboxylic acids is 1. The average Bonchev–Trinajstić information content (AvgIpc) is 2.23. The number of para-hydroxylation sites is 1. The lowest BCUT2D eigenvalue weighted by Crippen LogP contribution is -2.48. The smallest absolute Gasteiger partial charge is 0.337 e. The van der Waals surface area contributed by atoms with Crippen molar-refractivity contribution in [2.75, 3.05) is 18.1 Å². The molecule has 0 spiro atoms. The highest BCUT2D eigenvalue weighted by atomic mass is 32.2. The Labute approximate surface area is 117 Å². The molecule has 0 unspecified atom stereocenters. The molecule has 1 aromatic rings. The molecule has 1 rings (SSSR count). The lowest BCUT2D eigenvalue weighted by Gasteiger charge is -2.26. The minimum Gasteiger partial charge on any atom is -0.478 e. The largest absolute Gasteiger partial charge is 0.478 e. The topological polar surface area (TPSA) is 95.5 Å². The molecule has 0 atom stereocenters. The van der Waals surface area contributed by atoms with E-state index in [0.717, 1.165) is 12.3 Å². The van der Waals surface area contributed by atoms with E-state index in [9.17, 15) is 17.6 Å². The van der Waals surface area contributed by atoms with Crippen molar-refractivity contribution >= 4 is 21.7 Å². The van der Waals surface area contributed by atoms with Crippen LogP contribution in [0.3, 0.4) is 0 Å². The molecule has 1 aromatic carbocycles. The second-order valence-corrected chi connectivity index (χ2v) is 6.83. The maximum absolute atomic E-state index is 13.7. The van der Waals surface area contributed by atoms with Crippen molar-refractivity contribution < 1.29 is 22.7 Å². The van der Waals surface area contributed by atoms with E-state index in [1.165, 1.54) is 12.1 Å². The summed E-state index contributed by atoms with van der Waals surface area (Å²) >= 11 is 0. The van der Waals surface area contributed by atoms with Crippen molar-refractivity contribution in [2.24, 2.45) is 0 Å². The number of benzene rings is 1. The van der Waals surface area contributed by atoms with Crippen LogP contribution in [0, 0.1) is 5.82 Å². The Morgan fingerprint density at radius 2 is 2.00 bits per heavy atom. The minimum atomic E-state index is -3.42. The summed E-state index contributed by atoms with van der Waals surface area (Å²) in [5.74, 6) is -1.97. The van der Waals surface area contributed by atoms with Gasteiger partial charge in [0, 0.05) is 12.1 Å². The molecule has 112 valence electrons. The summed E-state index contributed by atoms with van der Waals surface area (Å²) in [6.45, 7) is 3.23. The Morgan fingerprint density at radius 1 is 1.40 bits per heavy atom. The highest BCUT2D eigenvalue weighted by Gasteiger charge is 2.23. The van der Waals surface area contributed by atoms with Gasteiger partial charge in [-0.25, -0.2) is 22.3 Å². The van der Waals surface area contributed by atoms with Crippen LogP contribution in [0.15, 0.2) is 18.2 Å². The first-order chi connectivity index (χ1) is 9.02. The van der Waals surface area contributed by atoms with Gasteiger partial charge in [0.15, 0.2) is 0 Å². The zero-order valence-corrected chi connectivity index (χ0v) is 12.2. The van der Waals surface area contributed by atoms with Crippen LogP contribution in [-0.4, -0.2) is 37.8 Å². The molecular weight excluding hydrogens is 287 g/mol. The fraction of sp³-hybridized carbons (Fsp3) is 0.417. The Bertz CT molecular complexity index is 614. The molecule has 20 heavy (non-hydrogen) atoms. The number of halogens is 1. The zero-order chi connectivity index (χ0) is 15.6. The van der Waals surface area contributed by atoms with Gasteiger partial charge in [-0.1, -0.05) is 6.07 Å². The number of carboxylic acid groups (broad SMARTS) is 1. The molecule has 6 nitrogen and oxygen atoms in total. The third kappa shape index (κ3) is 4.78. The first-order valence-electron chi connectivity index (χ1n) is 5.76. The summed E-state index contributed by atoms with van der Waals surface area (Å²) in [7, 11) is -3.42. The molecular formula is C12H17FN2O4S. The van der Waals surface area contributed by atoms with E-state index in [2.05, 4.69) is 10.0 Å². The van der Waals surface area contributed by atoms with Crippen molar-refractivity contribution in [3.8, 4) is 0 Å². The van der Waals surface area contributed by atoms with Crippen molar-refractivity contribution in [2.45, 2.75) is 19.4 Å². The predicted molar refractivity (Wildman–Crippen MR) is 73.9 cm³/mol. The van der Waals surface area contributed by atoms with Gasteiger partial charge < -0.3 is 10.4 Å². The van der Waals surface area contributed by atoms with Crippen LogP contribution in [0.2, 0.25) is 0 Å². The van der Waals surface area contributed by atoms with Crippen LogP contribution in [0.4, 0.5) is 10.1 Å². The molecule has 0 saturated heterocycles. The Balaban J connectivity index is 2.93. The standard InChI is InChI=1S/C12H17FN2O4S/c1-12(2,15-20(3,18)19)7-14-10-8(11(16)17)5-4-6-9(10)13/h4-6,14-15H,7H2,1-3H3,(H,16,17). The minimum absolute atomic E-state index is 0.0291. The van der Waals surface area contributed by atoms with Gasteiger partial charge in [-0.3, -0.25) is 0 Å². The van der Waals surface area contributed by atoms with Crippen LogP contribution in [0.25, 0.3) is 0 Å².